The number of hydrogen-bond acceptors (Lipinski definition) is 4. The Morgan fingerprint density at radius 3 is 2.79 bits per heavy atom. The minimum atomic E-state index is -1.05. The molecule has 1 heterocycles. The van der Waals surface area contributed by atoms with Crippen molar-refractivity contribution >= 4 is 51.2 Å². The average Bonchev–Trinajstić information content (AvgIpc) is 2.37. The second kappa shape index (κ2) is 5.86. The molecule has 0 aliphatic carbocycles. The van der Waals surface area contributed by atoms with E-state index in [0.717, 1.165) is 3.57 Å². The number of aromatic amines is 1. The molecule has 98 valence electrons. The lowest BCUT2D eigenvalue weighted by Gasteiger charge is -2.08. The van der Waals surface area contributed by atoms with Gasteiger partial charge >= 0.3 is 5.97 Å². The van der Waals surface area contributed by atoms with Crippen LogP contribution in [0.15, 0.2) is 29.3 Å². The standard InChI is InChI=1S/C11H6I2N2O4/c12-6-2-1-5(11(17)18)3-7(6)19-10-8(13)9(16)14-4-15-10/h1-4H,(H,17,18)(H,14,15,16). The minimum absolute atomic E-state index is 0.107. The molecule has 0 unspecified atom stereocenters. The van der Waals surface area contributed by atoms with E-state index in [2.05, 4.69) is 9.97 Å². The molecular weight excluding hydrogens is 478 g/mol. The highest BCUT2D eigenvalue weighted by atomic mass is 127. The highest BCUT2D eigenvalue weighted by molar-refractivity contribution is 14.1. The van der Waals surface area contributed by atoms with Crippen molar-refractivity contribution in [2.45, 2.75) is 0 Å². The molecular formula is C11H6I2N2O4. The first-order chi connectivity index (χ1) is 8.99. The zero-order valence-corrected chi connectivity index (χ0v) is 13.5. The van der Waals surface area contributed by atoms with Crippen LogP contribution in [0.1, 0.15) is 10.4 Å². The summed E-state index contributed by atoms with van der Waals surface area (Å²) in [5.41, 5.74) is -0.203. The monoisotopic (exact) mass is 484 g/mol. The summed E-state index contributed by atoms with van der Waals surface area (Å²) >= 11 is 3.83. The third-order valence-electron chi connectivity index (χ3n) is 2.15. The molecule has 2 rings (SSSR count). The van der Waals surface area contributed by atoms with Crippen molar-refractivity contribution < 1.29 is 14.6 Å². The Labute approximate surface area is 134 Å². The first-order valence-corrected chi connectivity index (χ1v) is 7.08. The van der Waals surface area contributed by atoms with Crippen LogP contribution in [-0.4, -0.2) is 21.0 Å². The second-order valence-electron chi connectivity index (χ2n) is 3.40. The van der Waals surface area contributed by atoms with E-state index in [1.54, 1.807) is 6.07 Å². The van der Waals surface area contributed by atoms with Gasteiger partial charge in [0.05, 0.1) is 15.5 Å². The number of aromatic nitrogens is 2. The van der Waals surface area contributed by atoms with Crippen LogP contribution in [0.2, 0.25) is 0 Å². The molecule has 2 aromatic rings. The predicted molar refractivity (Wildman–Crippen MR) is 83.8 cm³/mol. The Balaban J connectivity index is 2.43. The maximum atomic E-state index is 11.4. The van der Waals surface area contributed by atoms with Crippen LogP contribution in [0, 0.1) is 7.14 Å². The third kappa shape index (κ3) is 3.23. The molecule has 1 aromatic heterocycles. The van der Waals surface area contributed by atoms with Crippen LogP contribution in [0.4, 0.5) is 0 Å². The number of aromatic carboxylic acids is 1. The molecule has 0 spiro atoms. The van der Waals surface area contributed by atoms with E-state index in [4.69, 9.17) is 9.84 Å². The van der Waals surface area contributed by atoms with Crippen LogP contribution in [0.25, 0.3) is 0 Å². The van der Waals surface area contributed by atoms with Crippen molar-refractivity contribution in [2.24, 2.45) is 0 Å². The van der Waals surface area contributed by atoms with E-state index in [1.807, 2.05) is 45.2 Å². The smallest absolute Gasteiger partial charge is 0.335 e. The summed E-state index contributed by atoms with van der Waals surface area (Å²) < 4.78 is 6.53. The Hall–Kier alpha value is -1.17. The first-order valence-electron chi connectivity index (χ1n) is 4.93. The third-order valence-corrected chi connectivity index (χ3v) is 3.99. The van der Waals surface area contributed by atoms with Crippen LogP contribution in [-0.2, 0) is 0 Å². The van der Waals surface area contributed by atoms with Crippen molar-refractivity contribution in [2.75, 3.05) is 0 Å². The largest absolute Gasteiger partial charge is 0.478 e. The number of nitrogens with zero attached hydrogens (tertiary/aromatic N) is 1. The molecule has 1 aromatic carbocycles. The Bertz CT molecular complexity index is 699. The number of carbonyl (C=O) groups is 1. The lowest BCUT2D eigenvalue weighted by atomic mass is 10.2. The minimum Gasteiger partial charge on any atom is -0.478 e. The van der Waals surface area contributed by atoms with Gasteiger partial charge in [0.2, 0.25) is 5.88 Å². The van der Waals surface area contributed by atoms with Gasteiger partial charge in [-0.05, 0) is 63.4 Å². The van der Waals surface area contributed by atoms with Gasteiger partial charge in [0, 0.05) is 0 Å². The van der Waals surface area contributed by atoms with Crippen molar-refractivity contribution in [3.05, 3.63) is 47.6 Å². The number of benzene rings is 1. The first kappa shape index (κ1) is 14.2. The van der Waals surface area contributed by atoms with Gasteiger partial charge in [-0.3, -0.25) is 4.79 Å². The van der Waals surface area contributed by atoms with Gasteiger partial charge in [0.1, 0.15) is 9.32 Å². The van der Waals surface area contributed by atoms with Crippen LogP contribution >= 0.6 is 45.2 Å². The maximum Gasteiger partial charge on any atom is 0.335 e. The van der Waals surface area contributed by atoms with E-state index < -0.39 is 5.97 Å². The Morgan fingerprint density at radius 1 is 1.37 bits per heavy atom. The quantitative estimate of drug-likeness (QED) is 0.654. The fraction of sp³-hybridized carbons (Fsp3) is 0. The van der Waals surface area contributed by atoms with E-state index in [0.29, 0.717) is 9.32 Å². The van der Waals surface area contributed by atoms with Crippen LogP contribution in [0.3, 0.4) is 0 Å². The van der Waals surface area contributed by atoms with E-state index in [1.165, 1.54) is 18.5 Å². The molecule has 0 fully saturated rings. The summed E-state index contributed by atoms with van der Waals surface area (Å²) in [6.07, 6.45) is 1.23. The number of H-pyrrole nitrogens is 1. The predicted octanol–water partition coefficient (Wildman–Crippen LogP) is 2.47. The van der Waals surface area contributed by atoms with Crippen molar-refractivity contribution in [1.82, 2.24) is 9.97 Å². The molecule has 0 radical (unpaired) electrons. The fourth-order valence-electron chi connectivity index (χ4n) is 1.26. The number of carboxylic acids is 1. The lowest BCUT2D eigenvalue weighted by molar-refractivity contribution is 0.0696. The summed E-state index contributed by atoms with van der Waals surface area (Å²) in [5, 5.41) is 8.93. The van der Waals surface area contributed by atoms with E-state index in [9.17, 15) is 9.59 Å². The summed E-state index contributed by atoms with van der Waals surface area (Å²) in [5.74, 6) is -0.559. The molecule has 0 amide bonds. The number of halogens is 2. The normalized spacial score (nSPS) is 10.2. The van der Waals surface area contributed by atoms with Gasteiger partial charge in [-0.25, -0.2) is 9.78 Å². The van der Waals surface area contributed by atoms with Crippen molar-refractivity contribution in [1.29, 1.82) is 0 Å². The summed E-state index contributed by atoms with van der Waals surface area (Å²) in [7, 11) is 0. The number of ether oxygens (including phenoxy) is 1. The molecule has 19 heavy (non-hydrogen) atoms. The molecule has 2 N–H and O–H groups in total. The molecule has 6 nitrogen and oxygen atoms in total. The van der Waals surface area contributed by atoms with Gasteiger partial charge in [0.15, 0.2) is 0 Å². The van der Waals surface area contributed by atoms with Gasteiger partial charge < -0.3 is 14.8 Å². The zero-order chi connectivity index (χ0) is 14.0. The van der Waals surface area contributed by atoms with Gasteiger partial charge in [-0.1, -0.05) is 0 Å². The summed E-state index contributed by atoms with van der Waals surface area (Å²) in [6, 6.07) is 4.50. The lowest BCUT2D eigenvalue weighted by Crippen LogP contribution is -2.11. The zero-order valence-electron chi connectivity index (χ0n) is 9.18. The van der Waals surface area contributed by atoms with E-state index >= 15 is 0 Å². The number of carboxylic acid groups (broad SMARTS) is 1. The highest BCUT2D eigenvalue weighted by Crippen LogP contribution is 2.28. The topological polar surface area (TPSA) is 92.3 Å². The number of hydrogen-bond donors (Lipinski definition) is 2. The summed E-state index contributed by atoms with van der Waals surface area (Å²) in [6.45, 7) is 0. The fourth-order valence-corrected chi connectivity index (χ4v) is 2.11. The van der Waals surface area contributed by atoms with Crippen LogP contribution in [0.5, 0.6) is 11.6 Å². The molecule has 8 heteroatoms. The molecule has 0 atom stereocenters. The average molecular weight is 484 g/mol. The SMILES string of the molecule is O=C(O)c1ccc(I)c(Oc2nc[nH]c(=O)c2I)c1. The van der Waals surface area contributed by atoms with E-state index in [-0.39, 0.29) is 17.0 Å². The van der Waals surface area contributed by atoms with Gasteiger partial charge in [0.25, 0.3) is 5.56 Å². The van der Waals surface area contributed by atoms with Crippen LogP contribution < -0.4 is 10.3 Å². The number of nitrogens with one attached hydrogen (secondary N) is 1. The molecule has 0 aliphatic heterocycles. The Kier molecular flexibility index (Phi) is 4.39. The molecule has 0 saturated carbocycles. The Morgan fingerprint density at radius 2 is 2.11 bits per heavy atom. The number of rotatable bonds is 3. The molecule has 0 saturated heterocycles. The van der Waals surface area contributed by atoms with Gasteiger partial charge in [-0.2, -0.15) is 0 Å². The van der Waals surface area contributed by atoms with Gasteiger partial charge in [-0.15, -0.1) is 0 Å². The molecule has 0 aliphatic rings. The van der Waals surface area contributed by atoms with Crippen molar-refractivity contribution in [3.63, 3.8) is 0 Å². The summed E-state index contributed by atoms with van der Waals surface area (Å²) in [4.78, 5) is 28.7. The molecule has 0 bridgehead atoms. The van der Waals surface area contributed by atoms with Crippen molar-refractivity contribution in [3.8, 4) is 11.6 Å². The maximum absolute atomic E-state index is 11.4. The second-order valence-corrected chi connectivity index (χ2v) is 5.64. The highest BCUT2D eigenvalue weighted by Gasteiger charge is 2.12.